The molecule has 3 rings (SSSR count). The van der Waals surface area contributed by atoms with Crippen LogP contribution in [0.15, 0.2) is 53.9 Å². The summed E-state index contributed by atoms with van der Waals surface area (Å²) in [4.78, 5) is 17.0. The molecule has 27 heavy (non-hydrogen) atoms. The smallest absolute Gasteiger partial charge is 0.237 e. The first kappa shape index (κ1) is 19.7. The lowest BCUT2D eigenvalue weighted by molar-refractivity contribution is -0.115. The Labute approximate surface area is 171 Å². The van der Waals surface area contributed by atoms with Gasteiger partial charge in [0.1, 0.15) is 10.8 Å². The zero-order valence-electron chi connectivity index (χ0n) is 14.9. The molecule has 1 heterocycles. The molecule has 1 aromatic heterocycles. The second kappa shape index (κ2) is 9.26. The lowest BCUT2D eigenvalue weighted by Gasteiger charge is -2.12. The number of halogens is 1. The molecule has 3 aromatic rings. The number of carbonyl (C=O) groups is 1. The highest BCUT2D eigenvalue weighted by Crippen LogP contribution is 2.28. The first-order valence-corrected chi connectivity index (χ1v) is 10.6. The minimum Gasteiger partial charge on any atom is -0.497 e. The Morgan fingerprint density at radius 1 is 1.26 bits per heavy atom. The highest BCUT2D eigenvalue weighted by atomic mass is 35.5. The third kappa shape index (κ3) is 5.25. The number of methoxy groups -OCH3 is 1. The number of benzene rings is 2. The van der Waals surface area contributed by atoms with Crippen LogP contribution in [-0.2, 0) is 10.5 Å². The molecule has 7 heteroatoms. The maximum Gasteiger partial charge on any atom is 0.237 e. The third-order valence-corrected chi connectivity index (χ3v) is 6.32. The van der Waals surface area contributed by atoms with E-state index in [4.69, 9.17) is 16.3 Å². The van der Waals surface area contributed by atoms with Gasteiger partial charge in [-0.1, -0.05) is 23.7 Å². The SMILES string of the molecule is COc1ccc(-c2nc(CS[C@H](C)C(=O)Nc3ccccc3Cl)cs2)cc1. The quantitative estimate of drug-likeness (QED) is 0.532. The summed E-state index contributed by atoms with van der Waals surface area (Å²) in [6.45, 7) is 1.88. The first-order chi connectivity index (χ1) is 13.1. The van der Waals surface area contributed by atoms with Gasteiger partial charge in [0.15, 0.2) is 0 Å². The number of para-hydroxylation sites is 1. The van der Waals surface area contributed by atoms with Crippen LogP contribution >= 0.6 is 34.7 Å². The zero-order valence-corrected chi connectivity index (χ0v) is 17.3. The maximum atomic E-state index is 12.4. The van der Waals surface area contributed by atoms with Crippen molar-refractivity contribution in [3.63, 3.8) is 0 Å². The van der Waals surface area contributed by atoms with Gasteiger partial charge in [0, 0.05) is 16.7 Å². The molecule has 0 saturated heterocycles. The van der Waals surface area contributed by atoms with Gasteiger partial charge in [-0.3, -0.25) is 4.79 Å². The van der Waals surface area contributed by atoms with Crippen LogP contribution in [0.5, 0.6) is 5.75 Å². The number of rotatable bonds is 7. The molecule has 0 radical (unpaired) electrons. The summed E-state index contributed by atoms with van der Waals surface area (Å²) >= 11 is 9.23. The number of amides is 1. The van der Waals surface area contributed by atoms with Crippen molar-refractivity contribution >= 4 is 46.3 Å². The molecule has 4 nitrogen and oxygen atoms in total. The van der Waals surface area contributed by atoms with E-state index in [1.165, 1.54) is 0 Å². The van der Waals surface area contributed by atoms with Gasteiger partial charge in [0.2, 0.25) is 5.91 Å². The van der Waals surface area contributed by atoms with E-state index >= 15 is 0 Å². The van der Waals surface area contributed by atoms with E-state index in [2.05, 4.69) is 10.3 Å². The minimum absolute atomic E-state index is 0.0706. The molecule has 0 bridgehead atoms. The molecule has 0 aliphatic rings. The van der Waals surface area contributed by atoms with E-state index in [0.717, 1.165) is 22.0 Å². The Morgan fingerprint density at radius 2 is 2.00 bits per heavy atom. The molecule has 0 aliphatic heterocycles. The Bertz CT molecular complexity index is 912. The zero-order chi connectivity index (χ0) is 19.2. The second-order valence-corrected chi connectivity index (χ2v) is 8.39. The van der Waals surface area contributed by atoms with Gasteiger partial charge in [-0.05, 0) is 43.3 Å². The molecule has 1 atom stereocenters. The highest BCUT2D eigenvalue weighted by Gasteiger charge is 2.16. The lowest BCUT2D eigenvalue weighted by atomic mass is 10.2. The minimum atomic E-state index is -0.215. The number of thioether (sulfide) groups is 1. The van der Waals surface area contributed by atoms with Crippen molar-refractivity contribution in [2.75, 3.05) is 12.4 Å². The average Bonchev–Trinajstić information content (AvgIpc) is 3.17. The topological polar surface area (TPSA) is 51.2 Å². The standard InChI is InChI=1S/C20H19ClN2O2S2/c1-13(19(24)23-18-6-4-3-5-17(18)21)26-11-15-12-27-20(22-15)14-7-9-16(25-2)10-8-14/h3-10,12-13H,11H2,1-2H3,(H,23,24)/t13-/m1/s1. The number of nitrogens with one attached hydrogen (secondary N) is 1. The van der Waals surface area contributed by atoms with Gasteiger partial charge in [0.05, 0.1) is 28.8 Å². The molecular weight excluding hydrogens is 400 g/mol. The Kier molecular flexibility index (Phi) is 6.77. The van der Waals surface area contributed by atoms with Gasteiger partial charge < -0.3 is 10.1 Å². The van der Waals surface area contributed by atoms with E-state index in [1.54, 1.807) is 42.3 Å². The Morgan fingerprint density at radius 3 is 2.70 bits per heavy atom. The summed E-state index contributed by atoms with van der Waals surface area (Å²) in [5.41, 5.74) is 2.65. The molecule has 1 amide bonds. The monoisotopic (exact) mass is 418 g/mol. The fraction of sp³-hybridized carbons (Fsp3) is 0.200. The van der Waals surface area contributed by atoms with Gasteiger partial charge in [-0.25, -0.2) is 4.98 Å². The lowest BCUT2D eigenvalue weighted by Crippen LogP contribution is -2.22. The van der Waals surface area contributed by atoms with Gasteiger partial charge in [0.25, 0.3) is 0 Å². The maximum absolute atomic E-state index is 12.4. The van der Waals surface area contributed by atoms with E-state index in [9.17, 15) is 4.79 Å². The van der Waals surface area contributed by atoms with Crippen LogP contribution in [0.4, 0.5) is 5.69 Å². The number of anilines is 1. The van der Waals surface area contributed by atoms with Crippen molar-refractivity contribution in [1.82, 2.24) is 4.98 Å². The van der Waals surface area contributed by atoms with E-state index in [1.807, 2.05) is 48.7 Å². The summed E-state index contributed by atoms with van der Waals surface area (Å²) in [7, 11) is 1.65. The first-order valence-electron chi connectivity index (χ1n) is 8.32. The van der Waals surface area contributed by atoms with Crippen LogP contribution in [0.25, 0.3) is 10.6 Å². The molecule has 0 fully saturated rings. The Balaban J connectivity index is 1.56. The third-order valence-electron chi connectivity index (χ3n) is 3.87. The number of aromatic nitrogens is 1. The average molecular weight is 419 g/mol. The van der Waals surface area contributed by atoms with Crippen LogP contribution in [0, 0.1) is 0 Å². The fourth-order valence-corrected chi connectivity index (χ4v) is 4.22. The number of thiazole rings is 1. The number of ether oxygens (including phenoxy) is 1. The second-order valence-electron chi connectivity index (χ2n) is 5.79. The number of hydrogen-bond acceptors (Lipinski definition) is 5. The molecule has 0 spiro atoms. The molecule has 0 unspecified atom stereocenters. The summed E-state index contributed by atoms with van der Waals surface area (Å²) in [6, 6.07) is 15.1. The molecule has 0 saturated carbocycles. The number of hydrogen-bond donors (Lipinski definition) is 1. The van der Waals surface area contributed by atoms with Crippen LogP contribution in [0.1, 0.15) is 12.6 Å². The van der Waals surface area contributed by atoms with Gasteiger partial charge in [-0.2, -0.15) is 0 Å². The molecule has 1 N–H and O–H groups in total. The predicted molar refractivity (Wildman–Crippen MR) is 115 cm³/mol. The van der Waals surface area contributed by atoms with E-state index in [-0.39, 0.29) is 11.2 Å². The summed E-state index contributed by atoms with van der Waals surface area (Å²) in [5, 5.41) is 6.18. The van der Waals surface area contributed by atoms with Crippen molar-refractivity contribution in [3.8, 4) is 16.3 Å². The van der Waals surface area contributed by atoms with Crippen LogP contribution in [-0.4, -0.2) is 23.3 Å². The van der Waals surface area contributed by atoms with Crippen LogP contribution < -0.4 is 10.1 Å². The van der Waals surface area contributed by atoms with Crippen molar-refractivity contribution in [1.29, 1.82) is 0 Å². The largest absolute Gasteiger partial charge is 0.497 e. The van der Waals surface area contributed by atoms with Crippen molar-refractivity contribution < 1.29 is 9.53 Å². The number of carbonyl (C=O) groups excluding carboxylic acids is 1. The van der Waals surface area contributed by atoms with E-state index < -0.39 is 0 Å². The summed E-state index contributed by atoms with van der Waals surface area (Å²) in [6.07, 6.45) is 0. The molecule has 140 valence electrons. The summed E-state index contributed by atoms with van der Waals surface area (Å²) in [5.74, 6) is 1.42. The van der Waals surface area contributed by atoms with E-state index in [0.29, 0.717) is 16.5 Å². The molecule has 2 aromatic carbocycles. The molecular formula is C20H19ClN2O2S2. The number of nitrogens with zero attached hydrogens (tertiary/aromatic N) is 1. The van der Waals surface area contributed by atoms with Gasteiger partial charge >= 0.3 is 0 Å². The normalized spacial score (nSPS) is 11.8. The molecule has 0 aliphatic carbocycles. The fourth-order valence-electron chi connectivity index (χ4n) is 2.32. The highest BCUT2D eigenvalue weighted by molar-refractivity contribution is 7.99. The van der Waals surface area contributed by atoms with Crippen LogP contribution in [0.3, 0.4) is 0 Å². The van der Waals surface area contributed by atoms with Crippen molar-refractivity contribution in [2.24, 2.45) is 0 Å². The summed E-state index contributed by atoms with van der Waals surface area (Å²) < 4.78 is 5.18. The predicted octanol–water partition coefficient (Wildman–Crippen LogP) is 5.73. The van der Waals surface area contributed by atoms with Crippen molar-refractivity contribution in [2.45, 2.75) is 17.9 Å². The van der Waals surface area contributed by atoms with Crippen molar-refractivity contribution in [3.05, 3.63) is 64.6 Å². The van der Waals surface area contributed by atoms with Gasteiger partial charge in [-0.15, -0.1) is 23.1 Å². The van der Waals surface area contributed by atoms with Crippen LogP contribution in [0.2, 0.25) is 5.02 Å². The Hall–Kier alpha value is -2.02.